The molecule has 1 N–H and O–H groups in total. The normalized spacial score (nSPS) is 10.3. The van der Waals surface area contributed by atoms with Crippen LogP contribution in [0.25, 0.3) is 0 Å². The second-order valence-corrected chi connectivity index (χ2v) is 4.68. The van der Waals surface area contributed by atoms with Crippen molar-refractivity contribution in [3.05, 3.63) is 29.3 Å². The molecule has 0 spiro atoms. The average molecular weight is 278 g/mol. The molecule has 1 rings (SSSR count). The molecule has 0 atom stereocenters. The summed E-state index contributed by atoms with van der Waals surface area (Å²) in [4.78, 5) is 22.1. The Balaban J connectivity index is 2.55. The van der Waals surface area contributed by atoms with Gasteiger partial charge in [-0.05, 0) is 42.9 Å². The van der Waals surface area contributed by atoms with Crippen LogP contribution in [0.1, 0.15) is 50.7 Å². The molecule has 0 aliphatic heterocycles. The fraction of sp³-hybridized carbons (Fsp3) is 0.500. The van der Waals surface area contributed by atoms with Gasteiger partial charge in [0.1, 0.15) is 5.75 Å². The number of aryl methyl sites for hydroxylation is 1. The van der Waals surface area contributed by atoms with Crippen molar-refractivity contribution in [3.8, 4) is 5.75 Å². The summed E-state index contributed by atoms with van der Waals surface area (Å²) in [5, 5.41) is 8.52. The fourth-order valence-corrected chi connectivity index (χ4v) is 2.16. The van der Waals surface area contributed by atoms with E-state index in [2.05, 4.69) is 6.92 Å². The van der Waals surface area contributed by atoms with E-state index in [0.717, 1.165) is 18.4 Å². The third kappa shape index (κ3) is 5.03. The van der Waals surface area contributed by atoms with Crippen LogP contribution in [0, 0.1) is 0 Å². The Bertz CT molecular complexity index is 466. The SMILES string of the molecule is CCc1cccc(OC(=O)CCCCC(=O)O)c1CC. The zero-order chi connectivity index (χ0) is 15.0. The maximum Gasteiger partial charge on any atom is 0.311 e. The van der Waals surface area contributed by atoms with E-state index >= 15 is 0 Å². The average Bonchev–Trinajstić information content (AvgIpc) is 2.43. The van der Waals surface area contributed by atoms with Crippen LogP contribution >= 0.6 is 0 Å². The van der Waals surface area contributed by atoms with Gasteiger partial charge in [0.2, 0.25) is 0 Å². The van der Waals surface area contributed by atoms with E-state index in [1.54, 1.807) is 0 Å². The van der Waals surface area contributed by atoms with E-state index in [1.807, 2.05) is 25.1 Å². The van der Waals surface area contributed by atoms with Crippen molar-refractivity contribution < 1.29 is 19.4 Å². The molecule has 4 nitrogen and oxygen atoms in total. The molecule has 0 aliphatic rings. The Labute approximate surface area is 119 Å². The van der Waals surface area contributed by atoms with Crippen molar-refractivity contribution >= 4 is 11.9 Å². The summed E-state index contributed by atoms with van der Waals surface area (Å²) in [6.07, 6.45) is 3.13. The van der Waals surface area contributed by atoms with Crippen molar-refractivity contribution in [1.29, 1.82) is 0 Å². The van der Waals surface area contributed by atoms with Gasteiger partial charge in [0, 0.05) is 12.8 Å². The minimum Gasteiger partial charge on any atom is -0.481 e. The van der Waals surface area contributed by atoms with Crippen molar-refractivity contribution in [2.24, 2.45) is 0 Å². The van der Waals surface area contributed by atoms with E-state index in [4.69, 9.17) is 9.84 Å². The lowest BCUT2D eigenvalue weighted by atomic mass is 10.0. The summed E-state index contributed by atoms with van der Waals surface area (Å²) in [6.45, 7) is 4.12. The molecular weight excluding hydrogens is 256 g/mol. The number of benzene rings is 1. The summed E-state index contributed by atoms with van der Waals surface area (Å²) in [5.74, 6) is -0.490. The molecular formula is C16H22O4. The van der Waals surface area contributed by atoms with Gasteiger partial charge in [0.25, 0.3) is 0 Å². The van der Waals surface area contributed by atoms with Crippen molar-refractivity contribution in [1.82, 2.24) is 0 Å². The lowest BCUT2D eigenvalue weighted by Crippen LogP contribution is -2.10. The van der Waals surface area contributed by atoms with E-state index in [9.17, 15) is 9.59 Å². The quantitative estimate of drug-likeness (QED) is 0.450. The number of carboxylic acids is 1. The van der Waals surface area contributed by atoms with Crippen LogP contribution in [-0.2, 0) is 22.4 Å². The Morgan fingerprint density at radius 2 is 1.80 bits per heavy atom. The van der Waals surface area contributed by atoms with Crippen LogP contribution in [0.2, 0.25) is 0 Å². The van der Waals surface area contributed by atoms with Gasteiger partial charge < -0.3 is 9.84 Å². The van der Waals surface area contributed by atoms with Gasteiger partial charge in [0.05, 0.1) is 0 Å². The molecule has 1 aromatic rings. The molecule has 110 valence electrons. The summed E-state index contributed by atoms with van der Waals surface area (Å²) in [6, 6.07) is 5.75. The standard InChI is InChI=1S/C16H22O4/c1-3-12-8-7-9-14(13(12)4-2)20-16(19)11-6-5-10-15(17)18/h7-9H,3-6,10-11H2,1-2H3,(H,17,18). The maximum atomic E-state index is 11.8. The number of esters is 1. The van der Waals surface area contributed by atoms with Gasteiger partial charge in [0.15, 0.2) is 0 Å². The van der Waals surface area contributed by atoms with E-state index < -0.39 is 5.97 Å². The first-order chi connectivity index (χ1) is 9.58. The van der Waals surface area contributed by atoms with Gasteiger partial charge in [-0.15, -0.1) is 0 Å². The number of rotatable bonds is 8. The molecule has 20 heavy (non-hydrogen) atoms. The minimum atomic E-state index is -0.831. The first kappa shape index (κ1) is 16.2. The first-order valence-corrected chi connectivity index (χ1v) is 7.11. The summed E-state index contributed by atoms with van der Waals surface area (Å²) in [7, 11) is 0. The molecule has 0 heterocycles. The predicted octanol–water partition coefficient (Wildman–Crippen LogP) is 3.36. The minimum absolute atomic E-state index is 0.0960. The number of aliphatic carboxylic acids is 1. The molecule has 0 amide bonds. The largest absolute Gasteiger partial charge is 0.481 e. The number of hydrogen-bond acceptors (Lipinski definition) is 3. The molecule has 0 saturated carbocycles. The number of ether oxygens (including phenoxy) is 1. The van der Waals surface area contributed by atoms with Crippen LogP contribution in [0.4, 0.5) is 0 Å². The van der Waals surface area contributed by atoms with Crippen molar-refractivity contribution in [2.45, 2.75) is 52.4 Å². The summed E-state index contributed by atoms with van der Waals surface area (Å²) < 4.78 is 5.40. The van der Waals surface area contributed by atoms with Crippen molar-refractivity contribution in [3.63, 3.8) is 0 Å². The number of carboxylic acid groups (broad SMARTS) is 1. The zero-order valence-electron chi connectivity index (χ0n) is 12.1. The number of unbranched alkanes of at least 4 members (excludes halogenated alkanes) is 1. The molecule has 0 aliphatic carbocycles. The zero-order valence-corrected chi connectivity index (χ0v) is 12.1. The molecule has 0 unspecified atom stereocenters. The van der Waals surface area contributed by atoms with Gasteiger partial charge >= 0.3 is 11.9 Å². The van der Waals surface area contributed by atoms with E-state index in [-0.39, 0.29) is 18.8 Å². The first-order valence-electron chi connectivity index (χ1n) is 7.11. The molecule has 0 saturated heterocycles. The van der Waals surface area contributed by atoms with E-state index in [1.165, 1.54) is 5.56 Å². The van der Waals surface area contributed by atoms with Crippen LogP contribution < -0.4 is 4.74 Å². The van der Waals surface area contributed by atoms with Crippen molar-refractivity contribution in [2.75, 3.05) is 0 Å². The molecule has 0 bridgehead atoms. The third-order valence-corrected chi connectivity index (χ3v) is 3.21. The van der Waals surface area contributed by atoms with Crippen LogP contribution in [0.3, 0.4) is 0 Å². The monoisotopic (exact) mass is 278 g/mol. The van der Waals surface area contributed by atoms with Gasteiger partial charge in [-0.25, -0.2) is 0 Å². The number of carbonyl (C=O) groups excluding carboxylic acids is 1. The smallest absolute Gasteiger partial charge is 0.311 e. The maximum absolute atomic E-state index is 11.8. The van der Waals surface area contributed by atoms with Crippen LogP contribution in [-0.4, -0.2) is 17.0 Å². The summed E-state index contributed by atoms with van der Waals surface area (Å²) >= 11 is 0. The Kier molecular flexibility index (Phi) is 6.77. The fourth-order valence-electron chi connectivity index (χ4n) is 2.16. The number of hydrogen-bond donors (Lipinski definition) is 1. The lowest BCUT2D eigenvalue weighted by Gasteiger charge is -2.12. The highest BCUT2D eigenvalue weighted by Crippen LogP contribution is 2.24. The lowest BCUT2D eigenvalue weighted by molar-refractivity contribution is -0.138. The van der Waals surface area contributed by atoms with Crippen LogP contribution in [0.5, 0.6) is 5.75 Å². The molecule has 1 aromatic carbocycles. The predicted molar refractivity (Wildman–Crippen MR) is 76.9 cm³/mol. The third-order valence-electron chi connectivity index (χ3n) is 3.21. The highest BCUT2D eigenvalue weighted by Gasteiger charge is 2.11. The highest BCUT2D eigenvalue weighted by molar-refractivity contribution is 5.73. The Hall–Kier alpha value is -1.84. The van der Waals surface area contributed by atoms with Crippen LogP contribution in [0.15, 0.2) is 18.2 Å². The topological polar surface area (TPSA) is 63.6 Å². The van der Waals surface area contributed by atoms with Gasteiger partial charge in [-0.3, -0.25) is 9.59 Å². The van der Waals surface area contributed by atoms with Gasteiger partial charge in [-0.2, -0.15) is 0 Å². The Morgan fingerprint density at radius 3 is 2.40 bits per heavy atom. The Morgan fingerprint density at radius 1 is 1.10 bits per heavy atom. The highest BCUT2D eigenvalue weighted by atomic mass is 16.5. The second kappa shape index (κ2) is 8.35. The molecule has 0 radical (unpaired) electrons. The molecule has 0 fully saturated rings. The molecule has 4 heteroatoms. The van der Waals surface area contributed by atoms with Gasteiger partial charge in [-0.1, -0.05) is 26.0 Å². The number of carbonyl (C=O) groups is 2. The van der Waals surface area contributed by atoms with E-state index in [0.29, 0.717) is 18.6 Å². The summed E-state index contributed by atoms with van der Waals surface area (Å²) in [5.41, 5.74) is 2.28. The molecule has 0 aromatic heterocycles. The second-order valence-electron chi connectivity index (χ2n) is 4.68.